The zero-order valence-electron chi connectivity index (χ0n) is 12.7. The second-order valence-electron chi connectivity index (χ2n) is 5.75. The van der Waals surface area contributed by atoms with Crippen molar-refractivity contribution in [3.63, 3.8) is 0 Å². The predicted octanol–water partition coefficient (Wildman–Crippen LogP) is 1.60. The second-order valence-corrected chi connectivity index (χ2v) is 5.75. The monoisotopic (exact) mass is 310 g/mol. The predicted molar refractivity (Wildman–Crippen MR) is 86.2 cm³/mol. The van der Waals surface area contributed by atoms with Gasteiger partial charge in [-0.2, -0.15) is 0 Å². The molecular weight excluding hydrogens is 292 g/mol. The number of morpholine rings is 1. The summed E-state index contributed by atoms with van der Waals surface area (Å²) in [6, 6.07) is 13.6. The van der Waals surface area contributed by atoms with E-state index in [1.54, 1.807) is 18.3 Å². The first kappa shape index (κ1) is 14.2. The van der Waals surface area contributed by atoms with Crippen molar-refractivity contribution in [2.24, 2.45) is 0 Å². The van der Waals surface area contributed by atoms with Gasteiger partial charge in [-0.3, -0.25) is 14.8 Å². The number of hydrogen-bond acceptors (Lipinski definition) is 4. The fraction of sp³-hybridized carbons (Fsp3) is 0.294. The topological polar surface area (TPSA) is 62.6 Å². The van der Waals surface area contributed by atoms with Crippen molar-refractivity contribution < 1.29 is 4.74 Å². The Morgan fingerprint density at radius 1 is 1.26 bits per heavy atom. The van der Waals surface area contributed by atoms with Gasteiger partial charge in [0.05, 0.1) is 18.4 Å². The van der Waals surface area contributed by atoms with Gasteiger partial charge in [0.1, 0.15) is 0 Å². The van der Waals surface area contributed by atoms with Crippen LogP contribution < -0.4 is 5.56 Å². The lowest BCUT2D eigenvalue weighted by molar-refractivity contribution is -0.0332. The van der Waals surface area contributed by atoms with Gasteiger partial charge in [-0.25, -0.2) is 9.50 Å². The average Bonchev–Trinajstić information content (AvgIpc) is 3.05. The molecule has 0 radical (unpaired) electrons. The highest BCUT2D eigenvalue weighted by Crippen LogP contribution is 2.22. The van der Waals surface area contributed by atoms with E-state index in [0.29, 0.717) is 18.8 Å². The lowest BCUT2D eigenvalue weighted by atomic mass is 10.1. The third-order valence-corrected chi connectivity index (χ3v) is 4.14. The minimum Gasteiger partial charge on any atom is -0.371 e. The molecule has 1 fully saturated rings. The third kappa shape index (κ3) is 2.91. The Kier molecular flexibility index (Phi) is 3.69. The molecule has 1 N–H and O–H groups in total. The van der Waals surface area contributed by atoms with E-state index in [4.69, 9.17) is 4.74 Å². The molecule has 1 atom stereocenters. The molecule has 118 valence electrons. The van der Waals surface area contributed by atoms with Gasteiger partial charge < -0.3 is 4.74 Å². The van der Waals surface area contributed by atoms with Crippen LogP contribution in [0.2, 0.25) is 0 Å². The quantitative estimate of drug-likeness (QED) is 0.798. The van der Waals surface area contributed by atoms with Gasteiger partial charge in [0.2, 0.25) is 0 Å². The Labute approximate surface area is 133 Å². The zero-order valence-corrected chi connectivity index (χ0v) is 12.7. The van der Waals surface area contributed by atoms with Crippen LogP contribution in [0.4, 0.5) is 0 Å². The molecule has 6 heteroatoms. The Bertz CT molecular complexity index is 856. The normalized spacial score (nSPS) is 19.2. The van der Waals surface area contributed by atoms with E-state index in [1.807, 2.05) is 18.2 Å². The number of fused-ring (bicyclic) bond motifs is 1. The summed E-state index contributed by atoms with van der Waals surface area (Å²) in [4.78, 5) is 18.9. The molecule has 1 aromatic carbocycles. The molecule has 2 aromatic heterocycles. The van der Waals surface area contributed by atoms with Crippen molar-refractivity contribution in [2.75, 3.05) is 19.7 Å². The van der Waals surface area contributed by atoms with Crippen LogP contribution >= 0.6 is 0 Å². The lowest BCUT2D eigenvalue weighted by Gasteiger charge is -2.32. The molecule has 0 aliphatic carbocycles. The first-order chi connectivity index (χ1) is 11.3. The van der Waals surface area contributed by atoms with Gasteiger partial charge in [-0.15, -0.1) is 0 Å². The number of ether oxygens (including phenoxy) is 1. The van der Waals surface area contributed by atoms with Crippen LogP contribution in [0.5, 0.6) is 0 Å². The molecule has 6 nitrogen and oxygen atoms in total. The molecule has 0 bridgehead atoms. The SMILES string of the molecule is O=c1cc(CN2CCOC(c3ccccc3)C2)nc2cc[nH]n12. The summed E-state index contributed by atoms with van der Waals surface area (Å²) in [7, 11) is 0. The van der Waals surface area contributed by atoms with Crippen molar-refractivity contribution in [1.82, 2.24) is 19.5 Å². The number of nitrogens with zero attached hydrogens (tertiary/aromatic N) is 3. The van der Waals surface area contributed by atoms with Crippen molar-refractivity contribution in [3.8, 4) is 0 Å². The van der Waals surface area contributed by atoms with Crippen LogP contribution in [0.25, 0.3) is 5.65 Å². The minimum atomic E-state index is -0.0807. The highest BCUT2D eigenvalue weighted by molar-refractivity contribution is 5.36. The van der Waals surface area contributed by atoms with Crippen LogP contribution in [0.3, 0.4) is 0 Å². The number of hydrogen-bond donors (Lipinski definition) is 1. The lowest BCUT2D eigenvalue weighted by Crippen LogP contribution is -2.38. The van der Waals surface area contributed by atoms with Crippen molar-refractivity contribution >= 4 is 5.65 Å². The van der Waals surface area contributed by atoms with Crippen molar-refractivity contribution in [3.05, 3.63) is 70.3 Å². The van der Waals surface area contributed by atoms with Gasteiger partial charge in [0.15, 0.2) is 5.65 Å². The Hall–Kier alpha value is -2.44. The number of aromatic amines is 1. The summed E-state index contributed by atoms with van der Waals surface area (Å²) < 4.78 is 7.32. The summed E-state index contributed by atoms with van der Waals surface area (Å²) in [6.07, 6.45) is 1.79. The van der Waals surface area contributed by atoms with E-state index < -0.39 is 0 Å². The molecule has 23 heavy (non-hydrogen) atoms. The highest BCUT2D eigenvalue weighted by Gasteiger charge is 2.22. The largest absolute Gasteiger partial charge is 0.371 e. The molecule has 0 amide bonds. The summed E-state index contributed by atoms with van der Waals surface area (Å²) >= 11 is 0. The van der Waals surface area contributed by atoms with E-state index in [1.165, 1.54) is 10.1 Å². The molecule has 0 saturated carbocycles. The maximum Gasteiger partial charge on any atom is 0.272 e. The van der Waals surface area contributed by atoms with Crippen LogP contribution in [-0.4, -0.2) is 39.2 Å². The molecule has 1 aliphatic rings. The smallest absolute Gasteiger partial charge is 0.272 e. The van der Waals surface area contributed by atoms with Gasteiger partial charge >= 0.3 is 0 Å². The first-order valence-electron chi connectivity index (χ1n) is 7.74. The molecule has 3 aromatic rings. The van der Waals surface area contributed by atoms with E-state index in [9.17, 15) is 4.79 Å². The first-order valence-corrected chi connectivity index (χ1v) is 7.74. The van der Waals surface area contributed by atoms with Gasteiger partial charge in [0, 0.05) is 38.0 Å². The molecule has 1 unspecified atom stereocenters. The fourth-order valence-electron chi connectivity index (χ4n) is 3.00. The van der Waals surface area contributed by atoms with E-state index >= 15 is 0 Å². The van der Waals surface area contributed by atoms with Crippen LogP contribution in [0, 0.1) is 0 Å². The Morgan fingerprint density at radius 3 is 3.00 bits per heavy atom. The van der Waals surface area contributed by atoms with Crippen LogP contribution in [-0.2, 0) is 11.3 Å². The van der Waals surface area contributed by atoms with Crippen molar-refractivity contribution in [2.45, 2.75) is 12.6 Å². The second kappa shape index (κ2) is 5.98. The number of nitrogens with one attached hydrogen (secondary N) is 1. The summed E-state index contributed by atoms with van der Waals surface area (Å²) in [5.74, 6) is 0. The molecule has 1 saturated heterocycles. The van der Waals surface area contributed by atoms with Gasteiger partial charge in [-0.1, -0.05) is 30.3 Å². The number of benzene rings is 1. The maximum absolute atomic E-state index is 12.0. The molecular formula is C17H18N4O2. The highest BCUT2D eigenvalue weighted by atomic mass is 16.5. The average molecular weight is 310 g/mol. The van der Waals surface area contributed by atoms with Gasteiger partial charge in [-0.05, 0) is 5.56 Å². The standard InChI is InChI=1S/C17H18N4O2/c22-17-10-14(19-16-6-7-18-21(16)17)11-20-8-9-23-15(12-20)13-4-2-1-3-5-13/h1-7,10,15,18H,8-9,11-12H2. The molecule has 1 aliphatic heterocycles. The van der Waals surface area contributed by atoms with E-state index in [-0.39, 0.29) is 11.7 Å². The summed E-state index contributed by atoms with van der Waals surface area (Å²) in [6.45, 7) is 2.99. The third-order valence-electron chi connectivity index (χ3n) is 4.14. The molecule has 0 spiro atoms. The number of rotatable bonds is 3. The van der Waals surface area contributed by atoms with Crippen molar-refractivity contribution in [1.29, 1.82) is 0 Å². The Morgan fingerprint density at radius 2 is 2.13 bits per heavy atom. The molecule has 4 rings (SSSR count). The van der Waals surface area contributed by atoms with Crippen LogP contribution in [0.15, 0.2) is 53.5 Å². The number of H-pyrrole nitrogens is 1. The fourth-order valence-corrected chi connectivity index (χ4v) is 3.00. The van der Waals surface area contributed by atoms with E-state index in [2.05, 4.69) is 27.1 Å². The maximum atomic E-state index is 12.0. The Balaban J connectivity index is 1.52. The zero-order chi connectivity index (χ0) is 15.6. The van der Waals surface area contributed by atoms with Gasteiger partial charge in [0.25, 0.3) is 5.56 Å². The summed E-state index contributed by atoms with van der Waals surface area (Å²) in [5.41, 5.74) is 2.55. The number of aromatic nitrogens is 3. The summed E-state index contributed by atoms with van der Waals surface area (Å²) in [5, 5.41) is 2.86. The van der Waals surface area contributed by atoms with Crippen LogP contribution in [0.1, 0.15) is 17.4 Å². The molecule has 3 heterocycles. The minimum absolute atomic E-state index is 0.0713. The van der Waals surface area contributed by atoms with E-state index in [0.717, 1.165) is 18.8 Å².